The van der Waals surface area contributed by atoms with Gasteiger partial charge in [0.2, 0.25) is 0 Å². The molecule has 0 saturated carbocycles. The minimum Gasteiger partial charge on any atom is -0.466 e. The van der Waals surface area contributed by atoms with E-state index in [2.05, 4.69) is 20.2 Å². The van der Waals surface area contributed by atoms with Crippen LogP contribution in [-0.2, 0) is 16.1 Å². The van der Waals surface area contributed by atoms with Crippen LogP contribution in [0.5, 0.6) is 0 Å². The number of aryl methyl sites for hydroxylation is 1. The summed E-state index contributed by atoms with van der Waals surface area (Å²) in [6.07, 6.45) is 3.64. The van der Waals surface area contributed by atoms with Crippen molar-refractivity contribution < 1.29 is 9.53 Å². The second-order valence-electron chi connectivity index (χ2n) is 5.70. The quantitative estimate of drug-likeness (QED) is 0.520. The first-order chi connectivity index (χ1) is 11.2. The molecule has 1 aromatic rings. The minimum atomic E-state index is -0.103. The van der Waals surface area contributed by atoms with Gasteiger partial charge in [0.05, 0.1) is 24.8 Å². The van der Waals surface area contributed by atoms with Crippen LogP contribution in [0.2, 0.25) is 0 Å². The Morgan fingerprint density at radius 2 is 2.39 bits per heavy atom. The van der Waals surface area contributed by atoms with Gasteiger partial charge in [-0.05, 0) is 38.3 Å². The lowest BCUT2D eigenvalue weighted by Gasteiger charge is -2.33. The lowest BCUT2D eigenvalue weighted by atomic mass is 9.98. The molecular formula is C17H26N4O2. The van der Waals surface area contributed by atoms with Gasteiger partial charge in [-0.3, -0.25) is 14.8 Å². The van der Waals surface area contributed by atoms with Crippen LogP contribution in [0, 0.1) is 12.8 Å². The number of carbonyl (C=O) groups is 1. The van der Waals surface area contributed by atoms with E-state index in [0.717, 1.165) is 36.6 Å². The van der Waals surface area contributed by atoms with Gasteiger partial charge in [-0.15, -0.1) is 0 Å². The maximum atomic E-state index is 12.0. The number of piperidine rings is 1. The second kappa shape index (κ2) is 8.50. The standard InChI is InChI=1S/C17H26N4O2/c1-4-23-16(22)14-8-6-10-21(12-14)17(18-3)20-11-15-13(2)7-5-9-19-15/h5,7,9,14H,4,6,8,10-12H2,1-3H3,(H,18,20). The van der Waals surface area contributed by atoms with E-state index < -0.39 is 0 Å². The molecule has 6 nitrogen and oxygen atoms in total. The first kappa shape index (κ1) is 17.2. The fourth-order valence-electron chi connectivity index (χ4n) is 2.82. The van der Waals surface area contributed by atoms with Crippen LogP contribution >= 0.6 is 0 Å². The number of aliphatic imine (C=N–C) groups is 1. The first-order valence-corrected chi connectivity index (χ1v) is 8.18. The second-order valence-corrected chi connectivity index (χ2v) is 5.70. The average molecular weight is 318 g/mol. The van der Waals surface area contributed by atoms with Crippen molar-refractivity contribution >= 4 is 11.9 Å². The highest BCUT2D eigenvalue weighted by molar-refractivity contribution is 5.81. The van der Waals surface area contributed by atoms with Crippen LogP contribution in [0.3, 0.4) is 0 Å². The molecule has 0 radical (unpaired) electrons. The summed E-state index contributed by atoms with van der Waals surface area (Å²) in [5.74, 6) is 0.635. The summed E-state index contributed by atoms with van der Waals surface area (Å²) < 4.78 is 5.15. The van der Waals surface area contributed by atoms with Gasteiger partial charge in [0.1, 0.15) is 0 Å². The van der Waals surface area contributed by atoms with E-state index in [0.29, 0.717) is 19.7 Å². The molecule has 1 unspecified atom stereocenters. The number of nitrogens with zero attached hydrogens (tertiary/aromatic N) is 3. The number of pyridine rings is 1. The summed E-state index contributed by atoms with van der Waals surface area (Å²) in [7, 11) is 1.77. The number of esters is 1. The SMILES string of the molecule is CCOC(=O)C1CCCN(C(=NC)NCc2ncccc2C)C1. The molecular weight excluding hydrogens is 292 g/mol. The summed E-state index contributed by atoms with van der Waals surface area (Å²) in [4.78, 5) is 22.8. The zero-order valence-electron chi connectivity index (χ0n) is 14.2. The Hall–Kier alpha value is -2.11. The highest BCUT2D eigenvalue weighted by Crippen LogP contribution is 2.18. The topological polar surface area (TPSA) is 66.8 Å². The molecule has 126 valence electrons. The Bertz CT molecular complexity index is 559. The van der Waals surface area contributed by atoms with Gasteiger partial charge in [0.15, 0.2) is 5.96 Å². The Balaban J connectivity index is 1.95. The number of rotatable bonds is 4. The van der Waals surface area contributed by atoms with Crippen LogP contribution < -0.4 is 5.32 Å². The molecule has 23 heavy (non-hydrogen) atoms. The molecule has 6 heteroatoms. The molecule has 1 aliphatic heterocycles. The van der Waals surface area contributed by atoms with Crippen LogP contribution in [-0.4, -0.2) is 48.6 Å². The molecule has 2 heterocycles. The molecule has 2 rings (SSSR count). The van der Waals surface area contributed by atoms with E-state index in [-0.39, 0.29) is 11.9 Å². The summed E-state index contributed by atoms with van der Waals surface area (Å²) in [6, 6.07) is 3.98. The first-order valence-electron chi connectivity index (χ1n) is 8.18. The van der Waals surface area contributed by atoms with Crippen molar-refractivity contribution in [3.63, 3.8) is 0 Å². The van der Waals surface area contributed by atoms with E-state index in [1.165, 1.54) is 0 Å². The number of ether oxygens (including phenoxy) is 1. The van der Waals surface area contributed by atoms with Crippen molar-refractivity contribution in [2.24, 2.45) is 10.9 Å². The molecule has 1 aliphatic rings. The Kier molecular flexibility index (Phi) is 6.38. The Morgan fingerprint density at radius 1 is 1.57 bits per heavy atom. The predicted molar refractivity (Wildman–Crippen MR) is 90.1 cm³/mol. The maximum Gasteiger partial charge on any atom is 0.310 e. The fraction of sp³-hybridized carbons (Fsp3) is 0.588. The van der Waals surface area contributed by atoms with Crippen LogP contribution in [0.15, 0.2) is 23.3 Å². The van der Waals surface area contributed by atoms with Crippen LogP contribution in [0.4, 0.5) is 0 Å². The molecule has 1 fully saturated rings. The molecule has 1 N–H and O–H groups in total. The summed E-state index contributed by atoms with van der Waals surface area (Å²) >= 11 is 0. The lowest BCUT2D eigenvalue weighted by molar-refractivity contribution is -0.149. The van der Waals surface area contributed by atoms with Gasteiger partial charge in [0.25, 0.3) is 0 Å². The number of nitrogens with one attached hydrogen (secondary N) is 1. The molecule has 1 atom stereocenters. The Morgan fingerprint density at radius 3 is 3.09 bits per heavy atom. The van der Waals surface area contributed by atoms with Gasteiger partial charge in [0, 0.05) is 26.3 Å². The highest BCUT2D eigenvalue weighted by Gasteiger charge is 2.28. The fourth-order valence-corrected chi connectivity index (χ4v) is 2.82. The summed E-state index contributed by atoms with van der Waals surface area (Å²) in [6.45, 7) is 6.50. The largest absolute Gasteiger partial charge is 0.466 e. The van der Waals surface area contributed by atoms with Crippen molar-refractivity contribution in [1.29, 1.82) is 0 Å². The zero-order chi connectivity index (χ0) is 16.7. The van der Waals surface area contributed by atoms with E-state index in [4.69, 9.17) is 4.74 Å². The summed E-state index contributed by atoms with van der Waals surface area (Å²) in [5, 5.41) is 3.35. The monoisotopic (exact) mass is 318 g/mol. The number of likely N-dealkylation sites (tertiary alicyclic amines) is 1. The molecule has 1 aromatic heterocycles. The molecule has 0 amide bonds. The van der Waals surface area contributed by atoms with Crippen molar-refractivity contribution in [2.45, 2.75) is 33.2 Å². The third-order valence-corrected chi connectivity index (χ3v) is 4.08. The van der Waals surface area contributed by atoms with E-state index >= 15 is 0 Å². The van der Waals surface area contributed by atoms with E-state index in [1.54, 1.807) is 13.2 Å². The number of hydrogen-bond acceptors (Lipinski definition) is 4. The van der Waals surface area contributed by atoms with E-state index in [9.17, 15) is 4.79 Å². The highest BCUT2D eigenvalue weighted by atomic mass is 16.5. The molecule has 0 aliphatic carbocycles. The van der Waals surface area contributed by atoms with Gasteiger partial charge in [-0.25, -0.2) is 0 Å². The van der Waals surface area contributed by atoms with Crippen molar-refractivity contribution in [1.82, 2.24) is 15.2 Å². The number of guanidine groups is 1. The lowest BCUT2D eigenvalue weighted by Crippen LogP contribution is -2.48. The smallest absolute Gasteiger partial charge is 0.310 e. The minimum absolute atomic E-state index is 0.0705. The molecule has 1 saturated heterocycles. The van der Waals surface area contributed by atoms with E-state index in [1.807, 2.05) is 26.0 Å². The van der Waals surface area contributed by atoms with Crippen molar-refractivity contribution in [3.8, 4) is 0 Å². The van der Waals surface area contributed by atoms with Crippen molar-refractivity contribution in [2.75, 3.05) is 26.7 Å². The predicted octanol–water partition coefficient (Wildman–Crippen LogP) is 1.74. The molecule has 0 spiro atoms. The molecule has 0 bridgehead atoms. The van der Waals surface area contributed by atoms with Crippen molar-refractivity contribution in [3.05, 3.63) is 29.6 Å². The van der Waals surface area contributed by atoms with Crippen LogP contribution in [0.25, 0.3) is 0 Å². The zero-order valence-corrected chi connectivity index (χ0v) is 14.2. The van der Waals surface area contributed by atoms with Gasteiger partial charge >= 0.3 is 5.97 Å². The van der Waals surface area contributed by atoms with Gasteiger partial charge in [-0.2, -0.15) is 0 Å². The number of carbonyl (C=O) groups excluding carboxylic acids is 1. The number of hydrogen-bond donors (Lipinski definition) is 1. The van der Waals surface area contributed by atoms with Gasteiger partial charge in [-0.1, -0.05) is 6.07 Å². The third-order valence-electron chi connectivity index (χ3n) is 4.08. The van der Waals surface area contributed by atoms with Gasteiger partial charge < -0.3 is 15.0 Å². The Labute approximate surface area is 138 Å². The third kappa shape index (κ3) is 4.68. The number of aromatic nitrogens is 1. The maximum absolute atomic E-state index is 12.0. The average Bonchev–Trinajstić information content (AvgIpc) is 2.57. The normalized spacial score (nSPS) is 18.7. The van der Waals surface area contributed by atoms with Crippen LogP contribution in [0.1, 0.15) is 31.0 Å². The molecule has 0 aromatic carbocycles. The summed E-state index contributed by atoms with van der Waals surface area (Å²) in [5.41, 5.74) is 2.16.